The predicted molar refractivity (Wildman–Crippen MR) is 204 cm³/mol. The largest absolute Gasteiger partial charge is 0.498 e. The molecule has 0 rings (SSSR count). The van der Waals surface area contributed by atoms with Crippen molar-refractivity contribution in [2.45, 2.75) is 211 Å². The Bertz CT molecular complexity index is 823. The van der Waals surface area contributed by atoms with E-state index < -0.39 is 29.5 Å². The van der Waals surface area contributed by atoms with E-state index in [0.717, 1.165) is 83.5 Å². The van der Waals surface area contributed by atoms with Gasteiger partial charge in [-0.25, -0.2) is 0 Å². The van der Waals surface area contributed by atoms with Gasteiger partial charge in [0.05, 0.1) is 6.26 Å². The average Bonchev–Trinajstić information content (AvgIpc) is 3.08. The summed E-state index contributed by atoms with van der Waals surface area (Å²) < 4.78 is 5.72. The smallest absolute Gasteiger partial charge is 0.145 e. The van der Waals surface area contributed by atoms with E-state index in [-0.39, 0.29) is 6.61 Å². The number of rotatable bonds is 34. The van der Waals surface area contributed by atoms with Crippen LogP contribution in [0.3, 0.4) is 0 Å². The maximum absolute atomic E-state index is 11.8. The van der Waals surface area contributed by atoms with Gasteiger partial charge in [0.1, 0.15) is 36.1 Å². The van der Waals surface area contributed by atoms with Gasteiger partial charge >= 0.3 is 0 Å². The summed E-state index contributed by atoms with van der Waals surface area (Å²) in [5.74, 6) is 0. The van der Waals surface area contributed by atoms with Crippen LogP contribution in [-0.4, -0.2) is 61.7 Å². The molecule has 0 aliphatic heterocycles. The lowest BCUT2D eigenvalue weighted by atomic mass is 9.80. The first-order valence-electron chi connectivity index (χ1n) is 20.0. The maximum Gasteiger partial charge on any atom is 0.145 e. The number of hydrogen-bond donors (Lipinski definition) is 5. The van der Waals surface area contributed by atoms with Crippen molar-refractivity contribution in [3.63, 3.8) is 0 Å². The average molecular weight is 679 g/mol. The molecule has 48 heavy (non-hydrogen) atoms. The van der Waals surface area contributed by atoms with Gasteiger partial charge in [0.25, 0.3) is 0 Å². The Kier molecular flexibility index (Phi) is 30.6. The van der Waals surface area contributed by atoms with Crippen LogP contribution in [0.5, 0.6) is 0 Å². The van der Waals surface area contributed by atoms with Crippen molar-refractivity contribution in [2.75, 3.05) is 6.61 Å². The quantitative estimate of drug-likeness (QED) is 0.0263. The molecule has 0 aliphatic rings. The molecule has 0 bridgehead atoms. The molecule has 5 atom stereocenters. The van der Waals surface area contributed by atoms with E-state index in [1.807, 2.05) is 18.2 Å². The van der Waals surface area contributed by atoms with Crippen molar-refractivity contribution in [1.29, 1.82) is 0 Å². The summed E-state index contributed by atoms with van der Waals surface area (Å²) in [5.41, 5.74) is -4.20. The third-order valence-electron chi connectivity index (χ3n) is 9.27. The molecule has 0 aromatic carbocycles. The first kappa shape index (κ1) is 46.6. The molecule has 6 heteroatoms. The zero-order chi connectivity index (χ0) is 35.8. The summed E-state index contributed by atoms with van der Waals surface area (Å²) in [6.45, 7) is 8.43. The van der Waals surface area contributed by atoms with Crippen LogP contribution in [0.1, 0.15) is 182 Å². The molecular formula is C42H78O6. The Labute approximate surface area is 296 Å². The van der Waals surface area contributed by atoms with Gasteiger partial charge in [-0.2, -0.15) is 0 Å². The molecule has 0 aliphatic carbocycles. The standard InChI is InChI=1S/C42H78O6/c1-5-9-13-17-21-25-29-33-38(43)42(47,35-31-27-23-19-15-11-7-3)40(45)39(44)41(46,34-30-26-22-18-14-10-6-2)37-48-36-32-28-24-20-16-12-8-4/h29-36,38-40,43-47H,5-28,37H2,1-4H3/t38?,39-,40-,41+,42-/m0/s1. The Morgan fingerprint density at radius 2 is 0.875 bits per heavy atom. The van der Waals surface area contributed by atoms with Gasteiger partial charge in [-0.1, -0.05) is 167 Å². The molecule has 0 heterocycles. The minimum atomic E-state index is -2.21. The zero-order valence-corrected chi connectivity index (χ0v) is 31.7. The van der Waals surface area contributed by atoms with Gasteiger partial charge in [-0.15, -0.1) is 0 Å². The van der Waals surface area contributed by atoms with E-state index in [1.165, 1.54) is 76.0 Å². The third-order valence-corrected chi connectivity index (χ3v) is 9.27. The highest BCUT2D eigenvalue weighted by Crippen LogP contribution is 2.29. The Morgan fingerprint density at radius 3 is 1.33 bits per heavy atom. The number of allylic oxidation sites excluding steroid dienone is 4. The van der Waals surface area contributed by atoms with Crippen molar-refractivity contribution in [2.24, 2.45) is 0 Å². The summed E-state index contributed by atoms with van der Waals surface area (Å²) in [5, 5.41) is 57.9. The van der Waals surface area contributed by atoms with Crippen LogP contribution in [0, 0.1) is 0 Å². The van der Waals surface area contributed by atoms with Gasteiger partial charge < -0.3 is 30.3 Å². The molecule has 0 saturated carbocycles. The second-order valence-electron chi connectivity index (χ2n) is 13.9. The molecule has 0 amide bonds. The Morgan fingerprint density at radius 1 is 0.479 bits per heavy atom. The fourth-order valence-electron chi connectivity index (χ4n) is 5.85. The number of aliphatic hydroxyl groups excluding tert-OH is 3. The zero-order valence-electron chi connectivity index (χ0n) is 31.7. The lowest BCUT2D eigenvalue weighted by Crippen LogP contribution is -2.62. The summed E-state index contributed by atoms with van der Waals surface area (Å²) in [6, 6.07) is 0. The van der Waals surface area contributed by atoms with E-state index in [2.05, 4.69) is 27.7 Å². The number of aliphatic hydroxyl groups is 5. The van der Waals surface area contributed by atoms with Gasteiger partial charge in [-0.3, -0.25) is 0 Å². The van der Waals surface area contributed by atoms with E-state index in [0.29, 0.717) is 12.8 Å². The predicted octanol–water partition coefficient (Wildman–Crippen LogP) is 10.2. The molecule has 0 aromatic rings. The van der Waals surface area contributed by atoms with E-state index in [9.17, 15) is 25.5 Å². The number of hydrogen-bond acceptors (Lipinski definition) is 6. The molecule has 0 fully saturated rings. The van der Waals surface area contributed by atoms with Crippen LogP contribution in [0.4, 0.5) is 0 Å². The van der Waals surface area contributed by atoms with Crippen molar-refractivity contribution in [3.05, 3.63) is 48.8 Å². The minimum absolute atomic E-state index is 0.301. The van der Waals surface area contributed by atoms with Crippen molar-refractivity contribution in [1.82, 2.24) is 0 Å². The molecule has 0 saturated heterocycles. The fraction of sp³-hybridized carbons (Fsp3) is 0.810. The fourth-order valence-corrected chi connectivity index (χ4v) is 5.85. The van der Waals surface area contributed by atoms with E-state index >= 15 is 0 Å². The second kappa shape index (κ2) is 31.5. The molecule has 0 spiro atoms. The molecule has 0 radical (unpaired) electrons. The van der Waals surface area contributed by atoms with Gasteiger partial charge in [0.2, 0.25) is 0 Å². The van der Waals surface area contributed by atoms with Crippen LogP contribution in [0.2, 0.25) is 0 Å². The first-order chi connectivity index (χ1) is 23.2. The summed E-state index contributed by atoms with van der Waals surface area (Å²) in [7, 11) is 0. The van der Waals surface area contributed by atoms with Crippen LogP contribution in [0.15, 0.2) is 48.8 Å². The molecule has 282 valence electrons. The van der Waals surface area contributed by atoms with E-state index in [4.69, 9.17) is 4.74 Å². The number of ether oxygens (including phenoxy) is 1. The molecule has 1 unspecified atom stereocenters. The lowest BCUT2D eigenvalue weighted by Gasteiger charge is -2.40. The van der Waals surface area contributed by atoms with Crippen LogP contribution in [-0.2, 0) is 4.74 Å². The topological polar surface area (TPSA) is 110 Å². The molecule has 5 N–H and O–H groups in total. The van der Waals surface area contributed by atoms with Crippen LogP contribution >= 0.6 is 0 Å². The highest BCUT2D eigenvalue weighted by atomic mass is 16.5. The van der Waals surface area contributed by atoms with Crippen molar-refractivity contribution >= 4 is 0 Å². The maximum atomic E-state index is 11.8. The third kappa shape index (κ3) is 22.3. The monoisotopic (exact) mass is 679 g/mol. The second-order valence-corrected chi connectivity index (χ2v) is 13.9. The van der Waals surface area contributed by atoms with Crippen LogP contribution in [0.25, 0.3) is 0 Å². The van der Waals surface area contributed by atoms with Gasteiger partial charge in [0.15, 0.2) is 0 Å². The summed E-state index contributed by atoms with van der Waals surface area (Å²) in [4.78, 5) is 0. The van der Waals surface area contributed by atoms with Gasteiger partial charge in [0, 0.05) is 0 Å². The normalized spacial score (nSPS) is 17.0. The molecule has 0 aromatic heterocycles. The van der Waals surface area contributed by atoms with E-state index in [1.54, 1.807) is 12.3 Å². The lowest BCUT2D eigenvalue weighted by molar-refractivity contribution is -0.185. The summed E-state index contributed by atoms with van der Waals surface area (Å²) in [6.07, 6.45) is 33.7. The highest BCUT2D eigenvalue weighted by molar-refractivity contribution is 5.20. The van der Waals surface area contributed by atoms with Gasteiger partial charge in [-0.05, 0) is 57.4 Å². The Balaban J connectivity index is 5.86. The molecule has 6 nitrogen and oxygen atoms in total. The van der Waals surface area contributed by atoms with Crippen molar-refractivity contribution < 1.29 is 30.3 Å². The number of unbranched alkanes of at least 4 members (excludes halogenated alkanes) is 20. The SMILES string of the molecule is CCCCCCCC=COC[C@](O)(C=CCCCCCCC)[C@@H](O)[C@H](O)[C@](O)(C=CCCCCCCC)C(O)C=CCCCCCCC. The van der Waals surface area contributed by atoms with Crippen molar-refractivity contribution in [3.8, 4) is 0 Å². The Hall–Kier alpha value is -1.44. The highest BCUT2D eigenvalue weighted by Gasteiger charge is 2.50. The minimum Gasteiger partial charge on any atom is -0.498 e. The first-order valence-corrected chi connectivity index (χ1v) is 20.0. The summed E-state index contributed by atoms with van der Waals surface area (Å²) >= 11 is 0. The van der Waals surface area contributed by atoms with Crippen LogP contribution < -0.4 is 0 Å². The molecular weight excluding hydrogens is 600 g/mol.